The van der Waals surface area contributed by atoms with E-state index in [0.29, 0.717) is 39.3 Å². The van der Waals surface area contributed by atoms with Crippen LogP contribution >= 0.6 is 46.3 Å². The molecule has 0 fully saturated rings. The topological polar surface area (TPSA) is 69.0 Å². The first-order valence-electron chi connectivity index (χ1n) is 11.8. The molecule has 37 heavy (non-hydrogen) atoms. The third-order valence-electron chi connectivity index (χ3n) is 5.48. The van der Waals surface area contributed by atoms with E-state index in [4.69, 9.17) is 38.0 Å². The standard InChI is InChI=1S/C27H28Cl2N4O2S2/c1-15(2)36-26-23(19-9-10-20(28)21(29)14-19)31-27(37-26)33-24(25(34)30-11-12-35-5)22(17(4)32-33)18-8-6-7-16(3)13-18/h6-10,13-15H,11-12H2,1-5H3,(H,30,34). The molecule has 6 nitrogen and oxygen atoms in total. The number of thioether (sulfide) groups is 1. The van der Waals surface area contributed by atoms with Crippen LogP contribution in [0.4, 0.5) is 0 Å². The summed E-state index contributed by atoms with van der Waals surface area (Å²) in [5.41, 5.74) is 5.63. The lowest BCUT2D eigenvalue weighted by atomic mass is 10.0. The second kappa shape index (κ2) is 12.0. The number of halogens is 2. The Morgan fingerprint density at radius 3 is 2.59 bits per heavy atom. The Morgan fingerprint density at radius 2 is 1.92 bits per heavy atom. The summed E-state index contributed by atoms with van der Waals surface area (Å²) in [5, 5.41) is 9.65. The molecule has 0 spiro atoms. The van der Waals surface area contributed by atoms with Crippen LogP contribution in [0.25, 0.3) is 27.5 Å². The number of ether oxygens (including phenoxy) is 1. The SMILES string of the molecule is COCCNC(=O)c1c(-c2cccc(C)c2)c(C)nn1-c1nc(-c2ccc(Cl)c(Cl)c2)c(SC(C)C)s1. The molecule has 2 aromatic carbocycles. The quantitative estimate of drug-likeness (QED) is 0.166. The molecule has 194 valence electrons. The van der Waals surface area contributed by atoms with Gasteiger partial charge in [0.05, 0.1) is 32.2 Å². The van der Waals surface area contributed by atoms with Crippen LogP contribution in [0.1, 0.15) is 35.6 Å². The number of nitrogens with one attached hydrogen (secondary N) is 1. The molecule has 4 aromatic rings. The average Bonchev–Trinajstić information content (AvgIpc) is 3.41. The van der Waals surface area contributed by atoms with Gasteiger partial charge in [-0.05, 0) is 31.5 Å². The van der Waals surface area contributed by atoms with Gasteiger partial charge in [-0.3, -0.25) is 4.79 Å². The number of aryl methyl sites for hydroxylation is 2. The fourth-order valence-electron chi connectivity index (χ4n) is 3.88. The molecular weight excluding hydrogens is 547 g/mol. The third-order valence-corrected chi connectivity index (χ3v) is 8.46. The van der Waals surface area contributed by atoms with Gasteiger partial charge in [-0.15, -0.1) is 11.8 Å². The molecule has 0 saturated carbocycles. The normalized spacial score (nSPS) is 11.4. The molecule has 2 heterocycles. The van der Waals surface area contributed by atoms with Gasteiger partial charge in [0.2, 0.25) is 5.13 Å². The van der Waals surface area contributed by atoms with Gasteiger partial charge in [-0.25, -0.2) is 4.98 Å². The summed E-state index contributed by atoms with van der Waals surface area (Å²) >= 11 is 15.7. The second-order valence-electron chi connectivity index (χ2n) is 8.77. The number of carbonyl (C=O) groups is 1. The van der Waals surface area contributed by atoms with Crippen molar-refractivity contribution in [1.29, 1.82) is 0 Å². The lowest BCUT2D eigenvalue weighted by molar-refractivity contribution is 0.0930. The highest BCUT2D eigenvalue weighted by Crippen LogP contribution is 2.42. The summed E-state index contributed by atoms with van der Waals surface area (Å²) in [6.45, 7) is 9.00. The molecule has 0 unspecified atom stereocenters. The van der Waals surface area contributed by atoms with Crippen molar-refractivity contribution in [3.8, 4) is 27.5 Å². The number of methoxy groups -OCH3 is 1. The lowest BCUT2D eigenvalue weighted by Crippen LogP contribution is -2.29. The van der Waals surface area contributed by atoms with Crippen LogP contribution in [0.3, 0.4) is 0 Å². The van der Waals surface area contributed by atoms with Gasteiger partial charge in [0.1, 0.15) is 5.69 Å². The molecule has 0 radical (unpaired) electrons. The Kier molecular flexibility index (Phi) is 8.98. The van der Waals surface area contributed by atoms with E-state index in [0.717, 1.165) is 37.9 Å². The molecule has 1 N–H and O–H groups in total. The summed E-state index contributed by atoms with van der Waals surface area (Å²) in [6, 6.07) is 13.6. The van der Waals surface area contributed by atoms with E-state index in [1.807, 2.05) is 44.2 Å². The Morgan fingerprint density at radius 1 is 1.14 bits per heavy atom. The molecule has 0 atom stereocenters. The Bertz CT molecular complexity index is 1430. The summed E-state index contributed by atoms with van der Waals surface area (Å²) < 4.78 is 7.80. The smallest absolute Gasteiger partial charge is 0.270 e. The minimum atomic E-state index is -0.237. The number of hydrogen-bond donors (Lipinski definition) is 1. The van der Waals surface area contributed by atoms with E-state index in [9.17, 15) is 4.79 Å². The molecule has 0 aliphatic rings. The Balaban J connectivity index is 1.90. The molecule has 0 aliphatic heterocycles. The summed E-state index contributed by atoms with van der Waals surface area (Å²) in [5.74, 6) is -0.237. The van der Waals surface area contributed by atoms with E-state index in [1.165, 1.54) is 11.3 Å². The van der Waals surface area contributed by atoms with Gasteiger partial charge in [0.25, 0.3) is 5.91 Å². The minimum Gasteiger partial charge on any atom is -0.383 e. The summed E-state index contributed by atoms with van der Waals surface area (Å²) in [7, 11) is 1.60. The van der Waals surface area contributed by atoms with Crippen molar-refractivity contribution in [3.63, 3.8) is 0 Å². The number of aromatic nitrogens is 3. The van der Waals surface area contributed by atoms with E-state index in [1.54, 1.807) is 29.6 Å². The van der Waals surface area contributed by atoms with Crippen molar-refractivity contribution in [1.82, 2.24) is 20.1 Å². The minimum absolute atomic E-state index is 0.237. The molecule has 0 aliphatic carbocycles. The number of amides is 1. The maximum Gasteiger partial charge on any atom is 0.270 e. The number of benzene rings is 2. The van der Waals surface area contributed by atoms with Crippen LogP contribution in [-0.2, 0) is 4.74 Å². The highest BCUT2D eigenvalue weighted by Gasteiger charge is 2.27. The highest BCUT2D eigenvalue weighted by molar-refractivity contribution is 8.01. The Labute approximate surface area is 235 Å². The van der Waals surface area contributed by atoms with Gasteiger partial charge >= 0.3 is 0 Å². The van der Waals surface area contributed by atoms with Crippen LogP contribution in [0.15, 0.2) is 46.7 Å². The van der Waals surface area contributed by atoms with E-state index >= 15 is 0 Å². The fraction of sp³-hybridized carbons (Fsp3) is 0.296. The van der Waals surface area contributed by atoms with Crippen LogP contribution in [-0.4, -0.2) is 46.2 Å². The largest absolute Gasteiger partial charge is 0.383 e. The molecule has 0 bridgehead atoms. The van der Waals surface area contributed by atoms with Gasteiger partial charge in [-0.2, -0.15) is 9.78 Å². The van der Waals surface area contributed by atoms with Crippen molar-refractivity contribution in [2.75, 3.05) is 20.3 Å². The van der Waals surface area contributed by atoms with Crippen LogP contribution < -0.4 is 5.32 Å². The molecule has 2 aromatic heterocycles. The zero-order valence-electron chi connectivity index (χ0n) is 21.3. The first-order valence-corrected chi connectivity index (χ1v) is 14.2. The Hall–Kier alpha value is -2.36. The van der Waals surface area contributed by atoms with Crippen molar-refractivity contribution in [2.45, 2.75) is 37.2 Å². The summed E-state index contributed by atoms with van der Waals surface area (Å²) in [4.78, 5) is 18.5. The molecule has 10 heteroatoms. The van der Waals surface area contributed by atoms with Crippen molar-refractivity contribution >= 4 is 52.2 Å². The fourth-order valence-corrected chi connectivity index (χ4v) is 6.65. The van der Waals surface area contributed by atoms with Gasteiger partial charge in [0, 0.05) is 30.0 Å². The zero-order valence-corrected chi connectivity index (χ0v) is 24.4. The zero-order chi connectivity index (χ0) is 26.7. The number of hydrogen-bond acceptors (Lipinski definition) is 6. The van der Waals surface area contributed by atoms with Gasteiger partial charge in [-0.1, -0.05) is 84.3 Å². The molecule has 4 rings (SSSR count). The summed E-state index contributed by atoms with van der Waals surface area (Å²) in [6.07, 6.45) is 0. The first-order chi connectivity index (χ1) is 17.7. The van der Waals surface area contributed by atoms with E-state index in [-0.39, 0.29) is 5.91 Å². The number of carbonyl (C=O) groups excluding carboxylic acids is 1. The maximum atomic E-state index is 13.5. The first kappa shape index (κ1) is 27.7. The predicted molar refractivity (Wildman–Crippen MR) is 155 cm³/mol. The number of nitrogens with zero attached hydrogens (tertiary/aromatic N) is 3. The van der Waals surface area contributed by atoms with Crippen LogP contribution in [0.2, 0.25) is 10.0 Å². The molecular formula is C27H28Cl2N4O2S2. The van der Waals surface area contributed by atoms with Crippen LogP contribution in [0.5, 0.6) is 0 Å². The second-order valence-corrected chi connectivity index (χ2v) is 12.4. The van der Waals surface area contributed by atoms with Gasteiger partial charge in [0.15, 0.2) is 0 Å². The maximum absolute atomic E-state index is 13.5. The number of thiazole rings is 1. The monoisotopic (exact) mass is 574 g/mol. The van der Waals surface area contributed by atoms with E-state index in [2.05, 4.69) is 25.2 Å². The highest BCUT2D eigenvalue weighted by atomic mass is 35.5. The lowest BCUT2D eigenvalue weighted by Gasteiger charge is -2.09. The number of rotatable bonds is 9. The molecule has 1 amide bonds. The predicted octanol–water partition coefficient (Wildman–Crippen LogP) is 7.46. The van der Waals surface area contributed by atoms with Crippen molar-refractivity contribution in [2.24, 2.45) is 0 Å². The van der Waals surface area contributed by atoms with Crippen molar-refractivity contribution < 1.29 is 9.53 Å². The third kappa shape index (κ3) is 6.21. The van der Waals surface area contributed by atoms with Crippen molar-refractivity contribution in [3.05, 3.63) is 69.5 Å². The average molecular weight is 576 g/mol. The molecule has 0 saturated heterocycles. The van der Waals surface area contributed by atoms with E-state index < -0.39 is 0 Å². The van der Waals surface area contributed by atoms with Crippen LogP contribution in [0, 0.1) is 13.8 Å². The van der Waals surface area contributed by atoms with Gasteiger partial charge < -0.3 is 10.1 Å².